The second-order valence-electron chi connectivity index (χ2n) is 7.21. The van der Waals surface area contributed by atoms with E-state index in [1.54, 1.807) is 18.3 Å². The van der Waals surface area contributed by atoms with Crippen LogP contribution in [0.2, 0.25) is 0 Å². The number of nitriles is 1. The molecule has 7 heteroatoms. The summed E-state index contributed by atoms with van der Waals surface area (Å²) in [6.07, 6.45) is 6.72. The van der Waals surface area contributed by atoms with E-state index in [1.807, 2.05) is 35.9 Å². The molecule has 5 rings (SSSR count). The van der Waals surface area contributed by atoms with Gasteiger partial charge in [-0.3, -0.25) is 0 Å². The standard InChI is InChI=1S/C21H16FN5O/c1-13-12-27-7-4-14(8-18(27)25-13)20-16(3-2-15(10-23)26-20)17-11-24-19(28-17)9-21(22)5-6-21/h2-4,7-8,11-12H,5-6,9H2,1H3. The molecule has 0 aromatic carbocycles. The summed E-state index contributed by atoms with van der Waals surface area (Å²) in [5.41, 5.74) is 2.95. The molecule has 28 heavy (non-hydrogen) atoms. The molecule has 1 fully saturated rings. The first-order valence-corrected chi connectivity index (χ1v) is 9.04. The van der Waals surface area contributed by atoms with E-state index in [-0.39, 0.29) is 6.42 Å². The summed E-state index contributed by atoms with van der Waals surface area (Å²) in [5, 5.41) is 9.28. The Kier molecular flexibility index (Phi) is 3.56. The van der Waals surface area contributed by atoms with Crippen molar-refractivity contribution in [3.05, 3.63) is 60.1 Å². The Bertz CT molecular complexity index is 1250. The van der Waals surface area contributed by atoms with Gasteiger partial charge in [-0.15, -0.1) is 0 Å². The maximum absolute atomic E-state index is 14.0. The number of rotatable bonds is 4. The van der Waals surface area contributed by atoms with Crippen LogP contribution in [0.1, 0.15) is 30.1 Å². The van der Waals surface area contributed by atoms with Gasteiger partial charge in [-0.25, -0.2) is 19.3 Å². The van der Waals surface area contributed by atoms with Gasteiger partial charge in [0.2, 0.25) is 0 Å². The first-order chi connectivity index (χ1) is 13.5. The summed E-state index contributed by atoms with van der Waals surface area (Å²) >= 11 is 0. The van der Waals surface area contributed by atoms with Crippen molar-refractivity contribution >= 4 is 5.65 Å². The molecule has 4 aromatic heterocycles. The molecule has 1 saturated carbocycles. The second-order valence-corrected chi connectivity index (χ2v) is 7.21. The number of alkyl halides is 1. The molecule has 1 aliphatic rings. The third kappa shape index (κ3) is 2.93. The van der Waals surface area contributed by atoms with Crippen LogP contribution in [0, 0.1) is 18.3 Å². The Balaban J connectivity index is 1.61. The minimum Gasteiger partial charge on any atom is -0.441 e. The smallest absolute Gasteiger partial charge is 0.198 e. The zero-order valence-electron chi connectivity index (χ0n) is 15.2. The fourth-order valence-electron chi connectivity index (χ4n) is 3.30. The molecule has 0 spiro atoms. The van der Waals surface area contributed by atoms with Gasteiger partial charge in [0.15, 0.2) is 11.7 Å². The molecule has 0 atom stereocenters. The van der Waals surface area contributed by atoms with Crippen LogP contribution in [0.3, 0.4) is 0 Å². The van der Waals surface area contributed by atoms with E-state index in [9.17, 15) is 9.65 Å². The number of imidazole rings is 1. The van der Waals surface area contributed by atoms with E-state index in [4.69, 9.17) is 4.42 Å². The number of nitrogens with zero attached hydrogens (tertiary/aromatic N) is 5. The number of oxazole rings is 1. The van der Waals surface area contributed by atoms with E-state index in [0.717, 1.165) is 16.9 Å². The molecule has 4 heterocycles. The van der Waals surface area contributed by atoms with Gasteiger partial charge in [-0.05, 0) is 44.0 Å². The molecule has 6 nitrogen and oxygen atoms in total. The summed E-state index contributed by atoms with van der Waals surface area (Å²) in [7, 11) is 0. The van der Waals surface area contributed by atoms with E-state index in [2.05, 4.69) is 21.0 Å². The Morgan fingerprint density at radius 1 is 1.29 bits per heavy atom. The predicted molar refractivity (Wildman–Crippen MR) is 100 cm³/mol. The average molecular weight is 373 g/mol. The van der Waals surface area contributed by atoms with Gasteiger partial charge >= 0.3 is 0 Å². The highest BCUT2D eigenvalue weighted by atomic mass is 19.1. The third-order valence-electron chi connectivity index (χ3n) is 4.94. The minimum atomic E-state index is -1.17. The molecule has 0 saturated heterocycles. The third-order valence-corrected chi connectivity index (χ3v) is 4.94. The normalized spacial score (nSPS) is 14.9. The Morgan fingerprint density at radius 2 is 2.14 bits per heavy atom. The van der Waals surface area contributed by atoms with Gasteiger partial charge in [0.05, 0.1) is 24.0 Å². The number of fused-ring (bicyclic) bond motifs is 1. The van der Waals surface area contributed by atoms with E-state index in [1.165, 1.54) is 0 Å². The number of aromatic nitrogens is 4. The van der Waals surface area contributed by atoms with Crippen LogP contribution in [0.5, 0.6) is 0 Å². The lowest BCUT2D eigenvalue weighted by molar-refractivity contribution is 0.285. The molecular formula is C21H16FN5O. The van der Waals surface area contributed by atoms with Gasteiger partial charge in [-0.1, -0.05) is 0 Å². The maximum atomic E-state index is 14.0. The number of hydrogen-bond acceptors (Lipinski definition) is 5. The molecule has 4 aromatic rings. The molecule has 138 valence electrons. The van der Waals surface area contributed by atoms with Crippen LogP contribution in [-0.4, -0.2) is 25.0 Å². The lowest BCUT2D eigenvalue weighted by Crippen LogP contribution is -2.04. The van der Waals surface area contributed by atoms with Crippen molar-refractivity contribution in [1.29, 1.82) is 5.26 Å². The first kappa shape index (κ1) is 16.6. The maximum Gasteiger partial charge on any atom is 0.198 e. The Labute approximate surface area is 160 Å². The van der Waals surface area contributed by atoms with Crippen molar-refractivity contribution < 1.29 is 8.81 Å². The van der Waals surface area contributed by atoms with Crippen LogP contribution in [0.25, 0.3) is 28.2 Å². The van der Waals surface area contributed by atoms with Gasteiger partial charge in [0.25, 0.3) is 0 Å². The number of aryl methyl sites for hydroxylation is 1. The zero-order chi connectivity index (χ0) is 19.3. The van der Waals surface area contributed by atoms with E-state index >= 15 is 0 Å². The molecule has 1 aliphatic carbocycles. The summed E-state index contributed by atoms with van der Waals surface area (Å²) in [4.78, 5) is 13.2. The van der Waals surface area contributed by atoms with Crippen molar-refractivity contribution in [1.82, 2.24) is 19.4 Å². The van der Waals surface area contributed by atoms with Crippen molar-refractivity contribution in [3.63, 3.8) is 0 Å². The van der Waals surface area contributed by atoms with E-state index in [0.29, 0.717) is 41.4 Å². The summed E-state index contributed by atoms with van der Waals surface area (Å²) in [6, 6.07) is 9.33. The highest BCUT2D eigenvalue weighted by Crippen LogP contribution is 2.43. The summed E-state index contributed by atoms with van der Waals surface area (Å²) in [5.74, 6) is 0.885. The molecule has 0 N–H and O–H groups in total. The Morgan fingerprint density at radius 3 is 2.93 bits per heavy atom. The molecule has 0 aliphatic heterocycles. The van der Waals surface area contributed by atoms with Gasteiger partial charge < -0.3 is 8.82 Å². The number of hydrogen-bond donors (Lipinski definition) is 0. The van der Waals surface area contributed by atoms with Crippen LogP contribution < -0.4 is 0 Å². The van der Waals surface area contributed by atoms with Crippen molar-refractivity contribution in [2.45, 2.75) is 31.9 Å². The zero-order valence-corrected chi connectivity index (χ0v) is 15.2. The first-order valence-electron chi connectivity index (χ1n) is 9.04. The number of halogens is 1. The SMILES string of the molecule is Cc1cn2ccc(-c3nc(C#N)ccc3-c3cnc(CC4(F)CC4)o3)cc2n1. The predicted octanol–water partition coefficient (Wildman–Crippen LogP) is 4.28. The van der Waals surface area contributed by atoms with Crippen LogP contribution in [0.4, 0.5) is 4.39 Å². The fourth-order valence-corrected chi connectivity index (χ4v) is 3.30. The topological polar surface area (TPSA) is 80.0 Å². The van der Waals surface area contributed by atoms with Crippen molar-refractivity contribution in [2.24, 2.45) is 0 Å². The minimum absolute atomic E-state index is 0.186. The highest BCUT2D eigenvalue weighted by molar-refractivity contribution is 5.79. The molecule has 0 bridgehead atoms. The van der Waals surface area contributed by atoms with Gasteiger partial charge in [-0.2, -0.15) is 5.26 Å². The lowest BCUT2D eigenvalue weighted by atomic mass is 10.0. The molecular weight excluding hydrogens is 357 g/mol. The Hall–Kier alpha value is -3.53. The largest absolute Gasteiger partial charge is 0.441 e. The quantitative estimate of drug-likeness (QED) is 0.533. The van der Waals surface area contributed by atoms with Crippen LogP contribution in [-0.2, 0) is 6.42 Å². The summed E-state index contributed by atoms with van der Waals surface area (Å²) in [6.45, 7) is 1.93. The lowest BCUT2D eigenvalue weighted by Gasteiger charge is -2.08. The van der Waals surface area contributed by atoms with Crippen LogP contribution in [0.15, 0.2) is 47.3 Å². The molecule has 0 amide bonds. The van der Waals surface area contributed by atoms with Crippen molar-refractivity contribution in [3.8, 4) is 28.7 Å². The summed E-state index contributed by atoms with van der Waals surface area (Å²) < 4.78 is 21.8. The monoisotopic (exact) mass is 373 g/mol. The second kappa shape index (κ2) is 5.99. The highest BCUT2D eigenvalue weighted by Gasteiger charge is 2.44. The fraction of sp³-hybridized carbons (Fsp3) is 0.238. The molecule has 0 radical (unpaired) electrons. The van der Waals surface area contributed by atoms with Crippen LogP contribution >= 0.6 is 0 Å². The van der Waals surface area contributed by atoms with Gasteiger partial charge in [0, 0.05) is 23.5 Å². The molecule has 0 unspecified atom stereocenters. The van der Waals surface area contributed by atoms with E-state index < -0.39 is 5.67 Å². The number of pyridine rings is 2. The average Bonchev–Trinajstić information content (AvgIpc) is 3.08. The van der Waals surface area contributed by atoms with Crippen molar-refractivity contribution in [2.75, 3.05) is 0 Å². The van der Waals surface area contributed by atoms with Gasteiger partial charge in [0.1, 0.15) is 23.1 Å².